The number of carboxylic acid groups (broad SMARTS) is 1. The SMILES string of the molecule is O=C(CCCC1CCOCC1)Nc1ccc(C(=O)O)cc1. The Kier molecular flexibility index (Phi) is 5.75. The second-order valence-electron chi connectivity index (χ2n) is 5.38. The molecule has 1 amide bonds. The predicted molar refractivity (Wildman–Crippen MR) is 79.4 cm³/mol. The number of rotatable bonds is 6. The molecule has 5 nitrogen and oxygen atoms in total. The highest BCUT2D eigenvalue weighted by Gasteiger charge is 2.14. The first-order valence-electron chi connectivity index (χ1n) is 7.36. The molecule has 0 unspecified atom stereocenters. The molecule has 2 rings (SSSR count). The van der Waals surface area contributed by atoms with Crippen molar-refractivity contribution in [3.05, 3.63) is 29.8 Å². The van der Waals surface area contributed by atoms with Crippen LogP contribution >= 0.6 is 0 Å². The number of nitrogens with one attached hydrogen (secondary N) is 1. The largest absolute Gasteiger partial charge is 0.478 e. The quantitative estimate of drug-likeness (QED) is 0.845. The van der Waals surface area contributed by atoms with Gasteiger partial charge in [0.25, 0.3) is 0 Å². The number of aromatic carboxylic acids is 1. The summed E-state index contributed by atoms with van der Waals surface area (Å²) in [5.41, 5.74) is 0.851. The average molecular weight is 291 g/mol. The van der Waals surface area contributed by atoms with E-state index < -0.39 is 5.97 Å². The highest BCUT2D eigenvalue weighted by atomic mass is 16.5. The molecule has 1 heterocycles. The van der Waals surface area contributed by atoms with Crippen LogP contribution in [0.15, 0.2) is 24.3 Å². The van der Waals surface area contributed by atoms with Gasteiger partial charge < -0.3 is 15.2 Å². The summed E-state index contributed by atoms with van der Waals surface area (Å²) in [6.45, 7) is 1.68. The minimum absolute atomic E-state index is 0.0230. The van der Waals surface area contributed by atoms with E-state index in [0.29, 0.717) is 18.0 Å². The molecule has 1 aliphatic heterocycles. The van der Waals surface area contributed by atoms with Crippen molar-refractivity contribution < 1.29 is 19.4 Å². The van der Waals surface area contributed by atoms with Crippen LogP contribution in [0.5, 0.6) is 0 Å². The number of hydrogen-bond acceptors (Lipinski definition) is 3. The van der Waals surface area contributed by atoms with Crippen molar-refractivity contribution in [2.45, 2.75) is 32.1 Å². The lowest BCUT2D eigenvalue weighted by Crippen LogP contribution is -2.17. The summed E-state index contributed by atoms with van der Waals surface area (Å²) in [7, 11) is 0. The summed E-state index contributed by atoms with van der Waals surface area (Å²) in [5, 5.41) is 11.6. The summed E-state index contributed by atoms with van der Waals surface area (Å²) in [5.74, 6) is -0.309. The molecule has 0 aromatic heterocycles. The van der Waals surface area contributed by atoms with E-state index in [-0.39, 0.29) is 11.5 Å². The van der Waals surface area contributed by atoms with Crippen LogP contribution in [-0.4, -0.2) is 30.2 Å². The third kappa shape index (κ3) is 5.19. The van der Waals surface area contributed by atoms with E-state index in [9.17, 15) is 9.59 Å². The molecule has 0 aliphatic carbocycles. The number of benzene rings is 1. The first kappa shape index (κ1) is 15.5. The highest BCUT2D eigenvalue weighted by Crippen LogP contribution is 2.21. The fraction of sp³-hybridized carbons (Fsp3) is 0.500. The number of hydrogen-bond donors (Lipinski definition) is 2. The molecule has 0 spiro atoms. The van der Waals surface area contributed by atoms with Crippen LogP contribution in [0.25, 0.3) is 0 Å². The molecule has 5 heteroatoms. The topological polar surface area (TPSA) is 75.6 Å². The van der Waals surface area contributed by atoms with Gasteiger partial charge in [-0.1, -0.05) is 0 Å². The average Bonchev–Trinajstić information content (AvgIpc) is 2.49. The number of amides is 1. The van der Waals surface area contributed by atoms with E-state index in [1.807, 2.05) is 0 Å². The van der Waals surface area contributed by atoms with Crippen LogP contribution < -0.4 is 5.32 Å². The fourth-order valence-electron chi connectivity index (χ4n) is 2.51. The lowest BCUT2D eigenvalue weighted by Gasteiger charge is -2.21. The summed E-state index contributed by atoms with van der Waals surface area (Å²) >= 11 is 0. The van der Waals surface area contributed by atoms with E-state index in [4.69, 9.17) is 9.84 Å². The van der Waals surface area contributed by atoms with Gasteiger partial charge in [-0.3, -0.25) is 4.79 Å². The Bertz CT molecular complexity index is 478. The summed E-state index contributed by atoms with van der Waals surface area (Å²) in [6.07, 6.45) is 4.63. The summed E-state index contributed by atoms with van der Waals surface area (Å²) in [4.78, 5) is 22.6. The van der Waals surface area contributed by atoms with Crippen molar-refractivity contribution in [2.24, 2.45) is 5.92 Å². The van der Waals surface area contributed by atoms with Gasteiger partial charge in [0, 0.05) is 25.3 Å². The van der Waals surface area contributed by atoms with Gasteiger partial charge >= 0.3 is 5.97 Å². The Balaban J connectivity index is 1.70. The van der Waals surface area contributed by atoms with Gasteiger partial charge in [0.2, 0.25) is 5.91 Å². The number of carbonyl (C=O) groups excluding carboxylic acids is 1. The van der Waals surface area contributed by atoms with Crippen molar-refractivity contribution in [3.63, 3.8) is 0 Å². The molecule has 1 aromatic rings. The molecular weight excluding hydrogens is 270 g/mol. The third-order valence-corrected chi connectivity index (χ3v) is 3.77. The predicted octanol–water partition coefficient (Wildman–Crippen LogP) is 2.92. The Hall–Kier alpha value is -1.88. The van der Waals surface area contributed by atoms with Crippen LogP contribution in [-0.2, 0) is 9.53 Å². The van der Waals surface area contributed by atoms with Gasteiger partial charge in [0.05, 0.1) is 5.56 Å². The molecular formula is C16H21NO4. The number of ether oxygens (including phenoxy) is 1. The van der Waals surface area contributed by atoms with E-state index in [1.165, 1.54) is 12.1 Å². The van der Waals surface area contributed by atoms with Crippen molar-refractivity contribution in [2.75, 3.05) is 18.5 Å². The van der Waals surface area contributed by atoms with E-state index in [0.717, 1.165) is 38.9 Å². The fourth-order valence-corrected chi connectivity index (χ4v) is 2.51. The van der Waals surface area contributed by atoms with Gasteiger partial charge in [-0.2, -0.15) is 0 Å². The maximum absolute atomic E-state index is 11.8. The van der Waals surface area contributed by atoms with Crippen molar-refractivity contribution in [3.8, 4) is 0 Å². The maximum Gasteiger partial charge on any atom is 0.335 e. The van der Waals surface area contributed by atoms with Gasteiger partial charge in [0.15, 0.2) is 0 Å². The molecule has 1 aliphatic rings. The number of carboxylic acids is 1. The van der Waals surface area contributed by atoms with E-state index >= 15 is 0 Å². The zero-order valence-corrected chi connectivity index (χ0v) is 12.0. The van der Waals surface area contributed by atoms with Crippen LogP contribution in [0.4, 0.5) is 5.69 Å². The first-order valence-corrected chi connectivity index (χ1v) is 7.36. The van der Waals surface area contributed by atoms with E-state index in [2.05, 4.69) is 5.32 Å². The maximum atomic E-state index is 11.8. The minimum Gasteiger partial charge on any atom is -0.478 e. The molecule has 1 saturated heterocycles. The molecule has 0 atom stereocenters. The van der Waals surface area contributed by atoms with Crippen LogP contribution in [0.2, 0.25) is 0 Å². The number of anilines is 1. The molecule has 0 saturated carbocycles. The monoisotopic (exact) mass is 291 g/mol. The Labute approximate surface area is 124 Å². The van der Waals surface area contributed by atoms with Crippen molar-refractivity contribution in [1.82, 2.24) is 0 Å². The van der Waals surface area contributed by atoms with Crippen LogP contribution in [0.1, 0.15) is 42.5 Å². The molecule has 114 valence electrons. The number of carbonyl (C=O) groups is 2. The highest BCUT2D eigenvalue weighted by molar-refractivity contribution is 5.92. The van der Waals surface area contributed by atoms with Gasteiger partial charge in [-0.15, -0.1) is 0 Å². The smallest absolute Gasteiger partial charge is 0.335 e. The molecule has 1 fully saturated rings. The standard InChI is InChI=1S/C16H21NO4/c18-15(3-1-2-12-8-10-21-11-9-12)17-14-6-4-13(5-7-14)16(19)20/h4-7,12H,1-3,8-11H2,(H,17,18)(H,19,20). The van der Waals surface area contributed by atoms with Gasteiger partial charge in [-0.05, 0) is 55.9 Å². The summed E-state index contributed by atoms with van der Waals surface area (Å²) < 4.78 is 5.31. The lowest BCUT2D eigenvalue weighted by molar-refractivity contribution is -0.116. The molecule has 0 radical (unpaired) electrons. The first-order chi connectivity index (χ1) is 10.1. The lowest BCUT2D eigenvalue weighted by atomic mass is 9.94. The van der Waals surface area contributed by atoms with E-state index in [1.54, 1.807) is 12.1 Å². The minimum atomic E-state index is -0.968. The normalized spacial score (nSPS) is 15.6. The molecule has 21 heavy (non-hydrogen) atoms. The van der Waals surface area contributed by atoms with Gasteiger partial charge in [-0.25, -0.2) is 4.79 Å². The Morgan fingerprint density at radius 1 is 1.19 bits per heavy atom. The van der Waals surface area contributed by atoms with Crippen molar-refractivity contribution >= 4 is 17.6 Å². The van der Waals surface area contributed by atoms with Crippen LogP contribution in [0, 0.1) is 5.92 Å². The Morgan fingerprint density at radius 3 is 2.48 bits per heavy atom. The third-order valence-electron chi connectivity index (χ3n) is 3.77. The zero-order chi connectivity index (χ0) is 15.1. The molecule has 1 aromatic carbocycles. The summed E-state index contributed by atoms with van der Waals surface area (Å²) in [6, 6.07) is 6.19. The zero-order valence-electron chi connectivity index (χ0n) is 12.0. The Morgan fingerprint density at radius 2 is 1.86 bits per heavy atom. The second kappa shape index (κ2) is 7.78. The van der Waals surface area contributed by atoms with Gasteiger partial charge in [0.1, 0.15) is 0 Å². The molecule has 2 N–H and O–H groups in total. The van der Waals surface area contributed by atoms with Crippen molar-refractivity contribution in [1.29, 1.82) is 0 Å². The second-order valence-corrected chi connectivity index (χ2v) is 5.38. The molecule has 0 bridgehead atoms. The van der Waals surface area contributed by atoms with Crippen LogP contribution in [0.3, 0.4) is 0 Å².